The van der Waals surface area contributed by atoms with Crippen LogP contribution in [-0.2, 0) is 6.42 Å². The average molecular weight is 215 g/mol. The molecule has 1 unspecified atom stereocenters. The summed E-state index contributed by atoms with van der Waals surface area (Å²) in [6.07, 6.45) is 5.55. The smallest absolute Gasteiger partial charge is 0.00236 e. The molecule has 0 spiro atoms. The molecule has 0 aromatic heterocycles. The molecule has 1 aromatic rings. The summed E-state index contributed by atoms with van der Waals surface area (Å²) in [6, 6.07) is 8.87. The van der Waals surface area contributed by atoms with Gasteiger partial charge in [-0.05, 0) is 35.8 Å². The molecule has 16 heavy (non-hydrogen) atoms. The number of nitrogens with one attached hydrogen (secondary N) is 1. The number of hydrogen-bond acceptors (Lipinski definition) is 1. The van der Waals surface area contributed by atoms with Crippen molar-refractivity contribution >= 4 is 0 Å². The van der Waals surface area contributed by atoms with E-state index in [-0.39, 0.29) is 0 Å². The molecule has 1 nitrogen and oxygen atoms in total. The van der Waals surface area contributed by atoms with E-state index in [4.69, 9.17) is 0 Å². The molecular formula is C15H21N. The fourth-order valence-corrected chi connectivity index (χ4v) is 3.05. The lowest BCUT2D eigenvalue weighted by Crippen LogP contribution is -2.40. The van der Waals surface area contributed by atoms with Gasteiger partial charge in [-0.2, -0.15) is 0 Å². The van der Waals surface area contributed by atoms with Crippen LogP contribution in [0.15, 0.2) is 24.3 Å². The molecule has 3 rings (SSSR count). The Labute approximate surface area is 98.3 Å². The topological polar surface area (TPSA) is 12.0 Å². The summed E-state index contributed by atoms with van der Waals surface area (Å²) in [5.41, 5.74) is 3.75. The van der Waals surface area contributed by atoms with Gasteiger partial charge >= 0.3 is 0 Å². The molecule has 0 bridgehead atoms. The quantitative estimate of drug-likeness (QED) is 0.813. The molecule has 0 aliphatic heterocycles. The van der Waals surface area contributed by atoms with Crippen LogP contribution in [0.5, 0.6) is 0 Å². The number of hydrogen-bond donors (Lipinski definition) is 1. The van der Waals surface area contributed by atoms with E-state index in [1.165, 1.54) is 38.8 Å². The van der Waals surface area contributed by atoms with Gasteiger partial charge in [-0.25, -0.2) is 0 Å². The molecule has 1 fully saturated rings. The molecule has 1 N–H and O–H groups in total. The minimum Gasteiger partial charge on any atom is -0.316 e. The lowest BCUT2D eigenvalue weighted by atomic mass is 9.70. The fourth-order valence-electron chi connectivity index (χ4n) is 3.05. The van der Waals surface area contributed by atoms with Crippen molar-refractivity contribution in [2.24, 2.45) is 5.41 Å². The highest BCUT2D eigenvalue weighted by Gasteiger charge is 2.32. The van der Waals surface area contributed by atoms with Crippen molar-refractivity contribution in [2.45, 2.75) is 38.5 Å². The van der Waals surface area contributed by atoms with Crippen LogP contribution in [0.2, 0.25) is 0 Å². The minimum absolute atomic E-state index is 0.614. The van der Waals surface area contributed by atoms with E-state index in [0.29, 0.717) is 5.41 Å². The Kier molecular flexibility index (Phi) is 2.51. The molecule has 0 heterocycles. The lowest BCUT2D eigenvalue weighted by Gasteiger charge is -2.39. The van der Waals surface area contributed by atoms with Crippen LogP contribution in [0.3, 0.4) is 0 Å². The second-order valence-corrected chi connectivity index (χ2v) is 5.89. The summed E-state index contributed by atoms with van der Waals surface area (Å²) < 4.78 is 0. The summed E-state index contributed by atoms with van der Waals surface area (Å²) in [5, 5.41) is 3.67. The standard InChI is InChI=1S/C15H21N/c1-15(7-4-8-15)11-16-10-13-9-12-5-2-3-6-14(12)13/h2-3,5-6,13,16H,4,7-11H2,1H3. The molecule has 1 heteroatoms. The van der Waals surface area contributed by atoms with Gasteiger partial charge in [-0.15, -0.1) is 0 Å². The summed E-state index contributed by atoms with van der Waals surface area (Å²) in [6.45, 7) is 4.80. The van der Waals surface area contributed by atoms with Crippen LogP contribution in [0.1, 0.15) is 43.2 Å². The Morgan fingerprint density at radius 1 is 1.31 bits per heavy atom. The van der Waals surface area contributed by atoms with Crippen molar-refractivity contribution in [3.05, 3.63) is 35.4 Å². The largest absolute Gasteiger partial charge is 0.316 e. The summed E-state index contributed by atoms with van der Waals surface area (Å²) >= 11 is 0. The van der Waals surface area contributed by atoms with Gasteiger partial charge < -0.3 is 5.32 Å². The normalized spacial score (nSPS) is 25.4. The van der Waals surface area contributed by atoms with Gasteiger partial charge in [0.15, 0.2) is 0 Å². The van der Waals surface area contributed by atoms with Gasteiger partial charge in [0, 0.05) is 19.0 Å². The third kappa shape index (κ3) is 1.78. The molecule has 1 saturated carbocycles. The monoisotopic (exact) mass is 215 g/mol. The van der Waals surface area contributed by atoms with E-state index >= 15 is 0 Å². The highest BCUT2D eigenvalue weighted by atomic mass is 14.9. The van der Waals surface area contributed by atoms with Crippen molar-refractivity contribution in [3.8, 4) is 0 Å². The maximum Gasteiger partial charge on any atom is 0.00236 e. The van der Waals surface area contributed by atoms with Gasteiger partial charge in [0.05, 0.1) is 0 Å². The maximum absolute atomic E-state index is 3.67. The molecular weight excluding hydrogens is 194 g/mol. The van der Waals surface area contributed by atoms with Crippen LogP contribution in [0, 0.1) is 5.41 Å². The third-order valence-electron chi connectivity index (χ3n) is 4.46. The second-order valence-electron chi connectivity index (χ2n) is 5.89. The Morgan fingerprint density at radius 2 is 2.12 bits per heavy atom. The van der Waals surface area contributed by atoms with Crippen LogP contribution in [-0.4, -0.2) is 13.1 Å². The van der Waals surface area contributed by atoms with Crippen molar-refractivity contribution in [1.82, 2.24) is 5.32 Å². The first-order valence-electron chi connectivity index (χ1n) is 6.55. The van der Waals surface area contributed by atoms with Crippen LogP contribution in [0.4, 0.5) is 0 Å². The molecule has 0 radical (unpaired) electrons. The zero-order chi connectivity index (χ0) is 11.0. The molecule has 86 valence electrons. The van der Waals surface area contributed by atoms with Crippen molar-refractivity contribution in [3.63, 3.8) is 0 Å². The van der Waals surface area contributed by atoms with Gasteiger partial charge in [0.25, 0.3) is 0 Å². The Balaban J connectivity index is 1.48. The van der Waals surface area contributed by atoms with E-state index in [9.17, 15) is 0 Å². The summed E-state index contributed by atoms with van der Waals surface area (Å²) in [7, 11) is 0. The SMILES string of the molecule is CC1(CNCC2Cc3ccccc32)CCC1. The molecule has 2 aliphatic carbocycles. The van der Waals surface area contributed by atoms with Crippen molar-refractivity contribution in [1.29, 1.82) is 0 Å². The van der Waals surface area contributed by atoms with Crippen LogP contribution in [0.25, 0.3) is 0 Å². The second kappa shape index (κ2) is 3.89. The van der Waals surface area contributed by atoms with Crippen molar-refractivity contribution < 1.29 is 0 Å². The average Bonchev–Trinajstić information content (AvgIpc) is 2.22. The summed E-state index contributed by atoms with van der Waals surface area (Å²) in [5.74, 6) is 0.778. The van der Waals surface area contributed by atoms with Crippen molar-refractivity contribution in [2.75, 3.05) is 13.1 Å². The van der Waals surface area contributed by atoms with E-state index in [0.717, 1.165) is 5.92 Å². The Bertz CT molecular complexity index is 379. The Morgan fingerprint density at radius 3 is 2.81 bits per heavy atom. The van der Waals surface area contributed by atoms with Gasteiger partial charge in [-0.1, -0.05) is 37.6 Å². The van der Waals surface area contributed by atoms with E-state index < -0.39 is 0 Å². The fraction of sp³-hybridized carbons (Fsp3) is 0.600. The first-order chi connectivity index (χ1) is 7.77. The predicted molar refractivity (Wildman–Crippen MR) is 67.7 cm³/mol. The number of rotatable bonds is 4. The van der Waals surface area contributed by atoms with E-state index in [1.807, 2.05) is 0 Å². The lowest BCUT2D eigenvalue weighted by molar-refractivity contribution is 0.156. The zero-order valence-corrected chi connectivity index (χ0v) is 10.1. The molecule has 0 amide bonds. The number of fused-ring (bicyclic) bond motifs is 1. The van der Waals surface area contributed by atoms with Crippen LogP contribution >= 0.6 is 0 Å². The van der Waals surface area contributed by atoms with Crippen LogP contribution < -0.4 is 5.32 Å². The Hall–Kier alpha value is -0.820. The predicted octanol–water partition coefficient (Wildman–Crippen LogP) is 3.11. The first-order valence-corrected chi connectivity index (χ1v) is 6.55. The zero-order valence-electron chi connectivity index (χ0n) is 10.1. The van der Waals surface area contributed by atoms with Gasteiger partial charge in [0.1, 0.15) is 0 Å². The third-order valence-corrected chi connectivity index (χ3v) is 4.46. The first kappa shape index (κ1) is 10.3. The highest BCUT2D eigenvalue weighted by Crippen LogP contribution is 2.40. The highest BCUT2D eigenvalue weighted by molar-refractivity contribution is 5.40. The molecule has 2 aliphatic rings. The van der Waals surface area contributed by atoms with Gasteiger partial charge in [0.2, 0.25) is 0 Å². The minimum atomic E-state index is 0.614. The maximum atomic E-state index is 3.67. The summed E-state index contributed by atoms with van der Waals surface area (Å²) in [4.78, 5) is 0. The molecule has 1 atom stereocenters. The van der Waals surface area contributed by atoms with E-state index in [1.54, 1.807) is 11.1 Å². The molecule has 0 saturated heterocycles. The molecule has 1 aromatic carbocycles. The number of benzene rings is 1. The van der Waals surface area contributed by atoms with Gasteiger partial charge in [-0.3, -0.25) is 0 Å². The van der Waals surface area contributed by atoms with E-state index in [2.05, 4.69) is 36.5 Å².